The Morgan fingerprint density at radius 1 is 1.15 bits per heavy atom. The predicted octanol–water partition coefficient (Wildman–Crippen LogP) is 3.50. The van der Waals surface area contributed by atoms with Gasteiger partial charge in [-0.15, -0.1) is 0 Å². The van der Waals surface area contributed by atoms with Crippen LogP contribution in [0.15, 0.2) is 48.7 Å². The van der Waals surface area contributed by atoms with Crippen LogP contribution in [0, 0.1) is 0 Å². The third-order valence-corrected chi connectivity index (χ3v) is 3.30. The molecule has 3 nitrogen and oxygen atoms in total. The van der Waals surface area contributed by atoms with Gasteiger partial charge in [-0.1, -0.05) is 37.3 Å². The van der Waals surface area contributed by atoms with Crippen molar-refractivity contribution in [1.82, 2.24) is 4.98 Å². The van der Waals surface area contributed by atoms with Crippen molar-refractivity contribution in [2.75, 3.05) is 6.61 Å². The molecule has 0 aliphatic carbocycles. The molecule has 3 heteroatoms. The minimum absolute atomic E-state index is 0.0159. The first-order chi connectivity index (χ1) is 9.79. The third kappa shape index (κ3) is 4.35. The molecule has 1 heterocycles. The van der Waals surface area contributed by atoms with Crippen LogP contribution in [-0.2, 0) is 6.42 Å². The highest BCUT2D eigenvalue weighted by Gasteiger charge is 2.04. The number of hydrogen-bond donors (Lipinski definition) is 1. The van der Waals surface area contributed by atoms with Gasteiger partial charge in [-0.2, -0.15) is 0 Å². The van der Waals surface area contributed by atoms with Crippen molar-refractivity contribution >= 4 is 0 Å². The summed E-state index contributed by atoms with van der Waals surface area (Å²) in [6.07, 6.45) is 4.69. The van der Waals surface area contributed by atoms with Gasteiger partial charge in [-0.05, 0) is 37.0 Å². The largest absolute Gasteiger partial charge is 0.492 e. The number of ether oxygens (including phenoxy) is 1. The van der Waals surface area contributed by atoms with Gasteiger partial charge in [-0.3, -0.25) is 4.98 Å². The molecule has 2 aromatic rings. The Bertz CT molecular complexity index is 496. The first-order valence-corrected chi connectivity index (χ1v) is 7.18. The van der Waals surface area contributed by atoms with Crippen molar-refractivity contribution in [3.63, 3.8) is 0 Å². The summed E-state index contributed by atoms with van der Waals surface area (Å²) in [5.41, 5.74) is 8.19. The van der Waals surface area contributed by atoms with E-state index in [9.17, 15) is 0 Å². The molecule has 0 saturated heterocycles. The van der Waals surface area contributed by atoms with Gasteiger partial charge in [0.2, 0.25) is 0 Å². The number of aromatic nitrogens is 1. The molecule has 20 heavy (non-hydrogen) atoms. The van der Waals surface area contributed by atoms with Crippen molar-refractivity contribution in [3.8, 4) is 5.75 Å². The molecular weight excluding hydrogens is 248 g/mol. The maximum absolute atomic E-state index is 5.93. The summed E-state index contributed by atoms with van der Waals surface area (Å²) in [5.74, 6) is 0.810. The molecule has 106 valence electrons. The molecule has 0 radical (unpaired) electrons. The van der Waals surface area contributed by atoms with Gasteiger partial charge in [0.05, 0.1) is 18.5 Å². The van der Waals surface area contributed by atoms with Crippen LogP contribution in [0.3, 0.4) is 0 Å². The molecule has 2 rings (SSSR count). The molecule has 0 bridgehead atoms. The van der Waals surface area contributed by atoms with Crippen molar-refractivity contribution in [1.29, 1.82) is 0 Å². The highest BCUT2D eigenvalue weighted by molar-refractivity contribution is 5.21. The maximum atomic E-state index is 5.93. The highest BCUT2D eigenvalue weighted by Crippen LogP contribution is 2.15. The lowest BCUT2D eigenvalue weighted by atomic mass is 10.1. The molecule has 0 aliphatic heterocycles. The lowest BCUT2D eigenvalue weighted by molar-refractivity contribution is 0.309. The Kier molecular flexibility index (Phi) is 5.56. The smallest absolute Gasteiger partial charge is 0.137 e. The van der Waals surface area contributed by atoms with Crippen LogP contribution in [0.4, 0.5) is 0 Å². The fourth-order valence-corrected chi connectivity index (χ4v) is 2.02. The fraction of sp³-hybridized carbons (Fsp3) is 0.353. The predicted molar refractivity (Wildman–Crippen MR) is 81.7 cm³/mol. The zero-order chi connectivity index (χ0) is 14.2. The van der Waals surface area contributed by atoms with Crippen molar-refractivity contribution in [3.05, 3.63) is 59.9 Å². The number of nitrogens with zero attached hydrogens (tertiary/aromatic N) is 1. The fourth-order valence-electron chi connectivity index (χ4n) is 2.02. The van der Waals surface area contributed by atoms with E-state index < -0.39 is 0 Å². The van der Waals surface area contributed by atoms with E-state index in [0.29, 0.717) is 6.61 Å². The average Bonchev–Trinajstić information content (AvgIpc) is 2.52. The molecule has 0 aliphatic rings. The summed E-state index contributed by atoms with van der Waals surface area (Å²) < 4.78 is 5.69. The minimum Gasteiger partial charge on any atom is -0.492 e. The standard InChI is InChI=1S/C17H22N2O/c1-2-16(18)17-11-10-15(13-19-17)20-12-6-9-14-7-4-3-5-8-14/h3-5,7-8,10-11,13,16H,2,6,9,12,18H2,1H3/t16-/m0/s1. The second kappa shape index (κ2) is 7.65. The van der Waals surface area contributed by atoms with E-state index in [1.807, 2.05) is 18.2 Å². The van der Waals surface area contributed by atoms with Crippen LogP contribution >= 0.6 is 0 Å². The van der Waals surface area contributed by atoms with E-state index in [4.69, 9.17) is 10.5 Å². The van der Waals surface area contributed by atoms with E-state index in [2.05, 4.69) is 36.2 Å². The van der Waals surface area contributed by atoms with Crippen LogP contribution in [0.1, 0.15) is 37.1 Å². The van der Waals surface area contributed by atoms with Gasteiger partial charge < -0.3 is 10.5 Å². The lowest BCUT2D eigenvalue weighted by Gasteiger charge is -2.10. The Labute approximate surface area is 120 Å². The van der Waals surface area contributed by atoms with Crippen molar-refractivity contribution < 1.29 is 4.74 Å². The van der Waals surface area contributed by atoms with E-state index in [-0.39, 0.29) is 6.04 Å². The van der Waals surface area contributed by atoms with Crippen molar-refractivity contribution in [2.24, 2.45) is 5.73 Å². The number of aryl methyl sites for hydroxylation is 1. The van der Waals surface area contributed by atoms with Crippen molar-refractivity contribution in [2.45, 2.75) is 32.2 Å². The lowest BCUT2D eigenvalue weighted by Crippen LogP contribution is -2.10. The molecule has 0 fully saturated rings. The molecule has 2 N–H and O–H groups in total. The first kappa shape index (κ1) is 14.5. The number of nitrogens with two attached hydrogens (primary N) is 1. The minimum atomic E-state index is 0.0159. The van der Waals surface area contributed by atoms with Gasteiger partial charge in [0.15, 0.2) is 0 Å². The SMILES string of the molecule is CC[C@H](N)c1ccc(OCCCc2ccccc2)cn1. The van der Waals surface area contributed by atoms with Crippen LogP contribution < -0.4 is 10.5 Å². The van der Waals surface area contributed by atoms with Crippen LogP contribution in [-0.4, -0.2) is 11.6 Å². The molecule has 1 aromatic carbocycles. The number of rotatable bonds is 7. The molecule has 0 amide bonds. The second-order valence-corrected chi connectivity index (χ2v) is 4.87. The summed E-state index contributed by atoms with van der Waals surface area (Å²) in [5, 5.41) is 0. The summed E-state index contributed by atoms with van der Waals surface area (Å²) >= 11 is 0. The number of benzene rings is 1. The molecule has 0 saturated carbocycles. The van der Waals surface area contributed by atoms with E-state index in [1.54, 1.807) is 6.20 Å². The summed E-state index contributed by atoms with van der Waals surface area (Å²) in [4.78, 5) is 4.34. The Hall–Kier alpha value is -1.87. The van der Waals surface area contributed by atoms with Gasteiger partial charge in [0.25, 0.3) is 0 Å². The van der Waals surface area contributed by atoms with E-state index >= 15 is 0 Å². The third-order valence-electron chi connectivity index (χ3n) is 3.30. The number of hydrogen-bond acceptors (Lipinski definition) is 3. The second-order valence-electron chi connectivity index (χ2n) is 4.87. The highest BCUT2D eigenvalue weighted by atomic mass is 16.5. The van der Waals surface area contributed by atoms with Gasteiger partial charge in [-0.25, -0.2) is 0 Å². The topological polar surface area (TPSA) is 48.1 Å². The van der Waals surface area contributed by atoms with Crippen LogP contribution in [0.5, 0.6) is 5.75 Å². The molecular formula is C17H22N2O. The Balaban J connectivity index is 1.74. The molecule has 1 atom stereocenters. The summed E-state index contributed by atoms with van der Waals surface area (Å²) in [6.45, 7) is 2.76. The van der Waals surface area contributed by atoms with Gasteiger partial charge in [0.1, 0.15) is 5.75 Å². The van der Waals surface area contributed by atoms with Crippen LogP contribution in [0.2, 0.25) is 0 Å². The quantitative estimate of drug-likeness (QED) is 0.783. The zero-order valence-corrected chi connectivity index (χ0v) is 12.0. The van der Waals surface area contributed by atoms with Gasteiger partial charge >= 0.3 is 0 Å². The van der Waals surface area contributed by atoms with Gasteiger partial charge in [0, 0.05) is 6.04 Å². The average molecular weight is 270 g/mol. The normalized spacial score (nSPS) is 12.1. The monoisotopic (exact) mass is 270 g/mol. The Morgan fingerprint density at radius 3 is 2.60 bits per heavy atom. The summed E-state index contributed by atoms with van der Waals surface area (Å²) in [7, 11) is 0. The van der Waals surface area contributed by atoms with Crippen LogP contribution in [0.25, 0.3) is 0 Å². The molecule has 0 spiro atoms. The molecule has 1 aromatic heterocycles. The maximum Gasteiger partial charge on any atom is 0.137 e. The molecule has 0 unspecified atom stereocenters. The zero-order valence-electron chi connectivity index (χ0n) is 12.0. The van der Waals surface area contributed by atoms with E-state index in [0.717, 1.165) is 30.7 Å². The van der Waals surface area contributed by atoms with E-state index in [1.165, 1.54) is 5.56 Å². The summed E-state index contributed by atoms with van der Waals surface area (Å²) in [6, 6.07) is 14.4. The first-order valence-electron chi connectivity index (χ1n) is 7.18. The number of pyridine rings is 1. The Morgan fingerprint density at radius 2 is 1.95 bits per heavy atom.